The van der Waals surface area contributed by atoms with Crippen LogP contribution in [0.15, 0.2) is 54.6 Å². The number of hydrogen-bond acceptors (Lipinski definition) is 3. The molecule has 2 aromatic carbocycles. The van der Waals surface area contributed by atoms with Crippen LogP contribution in [0, 0.1) is 0 Å². The minimum Gasteiger partial charge on any atom is -0.489 e. The standard InChI is InChI=1S/C23H30N2O/c1-3-7-19(8-4-1)18-26-21-11-9-20(10-12-21)22-17-23(22)24-13-16-25-14-5-2-6-15-25/h1,3-4,7-12,22-24H,2,5-6,13-18H2/t22-,23+/m1/s1. The van der Waals surface area contributed by atoms with Gasteiger partial charge in [-0.05, 0) is 55.6 Å². The second kappa shape index (κ2) is 8.70. The molecule has 0 bridgehead atoms. The Morgan fingerprint density at radius 3 is 2.46 bits per heavy atom. The summed E-state index contributed by atoms with van der Waals surface area (Å²) in [5.41, 5.74) is 2.64. The summed E-state index contributed by atoms with van der Waals surface area (Å²) in [7, 11) is 0. The molecule has 138 valence electrons. The Bertz CT molecular complexity index is 664. The van der Waals surface area contributed by atoms with Gasteiger partial charge in [0, 0.05) is 25.0 Å². The van der Waals surface area contributed by atoms with Crippen molar-refractivity contribution in [2.75, 3.05) is 26.2 Å². The molecule has 3 heteroatoms. The van der Waals surface area contributed by atoms with Crippen LogP contribution < -0.4 is 10.1 Å². The molecule has 2 aliphatic rings. The molecule has 4 rings (SSSR count). The largest absolute Gasteiger partial charge is 0.489 e. The highest BCUT2D eigenvalue weighted by Crippen LogP contribution is 2.41. The van der Waals surface area contributed by atoms with Gasteiger partial charge in [0.05, 0.1) is 0 Å². The second-order valence-corrected chi connectivity index (χ2v) is 7.65. The molecule has 2 atom stereocenters. The van der Waals surface area contributed by atoms with Crippen molar-refractivity contribution >= 4 is 0 Å². The molecule has 0 radical (unpaired) electrons. The summed E-state index contributed by atoms with van der Waals surface area (Å²) in [6.45, 7) is 5.54. The van der Waals surface area contributed by atoms with E-state index in [1.807, 2.05) is 18.2 Å². The zero-order valence-electron chi connectivity index (χ0n) is 15.6. The van der Waals surface area contributed by atoms with Crippen LogP contribution >= 0.6 is 0 Å². The number of piperidine rings is 1. The number of benzene rings is 2. The maximum atomic E-state index is 5.88. The molecule has 1 heterocycles. The molecule has 0 spiro atoms. The van der Waals surface area contributed by atoms with Gasteiger partial charge >= 0.3 is 0 Å². The van der Waals surface area contributed by atoms with Crippen LogP contribution in [0.25, 0.3) is 0 Å². The van der Waals surface area contributed by atoms with E-state index in [2.05, 4.69) is 46.6 Å². The van der Waals surface area contributed by atoms with E-state index in [0.717, 1.165) is 12.3 Å². The fourth-order valence-corrected chi connectivity index (χ4v) is 3.93. The second-order valence-electron chi connectivity index (χ2n) is 7.65. The van der Waals surface area contributed by atoms with Crippen molar-refractivity contribution in [1.29, 1.82) is 0 Å². The van der Waals surface area contributed by atoms with Crippen LogP contribution in [-0.2, 0) is 6.61 Å². The van der Waals surface area contributed by atoms with Gasteiger partial charge in [-0.25, -0.2) is 0 Å². The Labute approximate surface area is 157 Å². The molecule has 26 heavy (non-hydrogen) atoms. The molecule has 1 N–H and O–H groups in total. The molecular weight excluding hydrogens is 320 g/mol. The predicted octanol–water partition coefficient (Wildman–Crippen LogP) is 4.20. The van der Waals surface area contributed by atoms with Gasteiger partial charge in [0.1, 0.15) is 12.4 Å². The van der Waals surface area contributed by atoms with E-state index >= 15 is 0 Å². The third-order valence-corrected chi connectivity index (χ3v) is 5.63. The summed E-state index contributed by atoms with van der Waals surface area (Å²) in [4.78, 5) is 2.60. The Kier molecular flexibility index (Phi) is 5.88. The van der Waals surface area contributed by atoms with Crippen LogP contribution in [0.1, 0.15) is 42.7 Å². The number of nitrogens with zero attached hydrogens (tertiary/aromatic N) is 1. The molecule has 3 nitrogen and oxygen atoms in total. The molecule has 0 unspecified atom stereocenters. The van der Waals surface area contributed by atoms with E-state index in [-0.39, 0.29) is 0 Å². The van der Waals surface area contributed by atoms with Crippen molar-refractivity contribution in [3.05, 3.63) is 65.7 Å². The summed E-state index contributed by atoms with van der Waals surface area (Å²) in [5, 5.41) is 3.74. The summed E-state index contributed by atoms with van der Waals surface area (Å²) >= 11 is 0. The quantitative estimate of drug-likeness (QED) is 0.772. The maximum absolute atomic E-state index is 5.88. The number of nitrogens with one attached hydrogen (secondary N) is 1. The summed E-state index contributed by atoms with van der Waals surface area (Å²) in [6.07, 6.45) is 5.44. The summed E-state index contributed by atoms with van der Waals surface area (Å²) < 4.78 is 5.88. The van der Waals surface area contributed by atoms with Gasteiger partial charge in [0.2, 0.25) is 0 Å². The fourth-order valence-electron chi connectivity index (χ4n) is 3.93. The van der Waals surface area contributed by atoms with Crippen molar-refractivity contribution < 1.29 is 4.74 Å². The van der Waals surface area contributed by atoms with E-state index in [0.29, 0.717) is 18.6 Å². The van der Waals surface area contributed by atoms with E-state index in [1.165, 1.54) is 56.4 Å². The highest BCUT2D eigenvalue weighted by atomic mass is 16.5. The predicted molar refractivity (Wildman–Crippen MR) is 107 cm³/mol. The maximum Gasteiger partial charge on any atom is 0.119 e. The fraction of sp³-hybridized carbons (Fsp3) is 0.478. The first-order chi connectivity index (χ1) is 12.9. The Morgan fingerprint density at radius 1 is 0.923 bits per heavy atom. The van der Waals surface area contributed by atoms with Crippen molar-refractivity contribution in [3.63, 3.8) is 0 Å². The van der Waals surface area contributed by atoms with Crippen LogP contribution in [-0.4, -0.2) is 37.1 Å². The minimum absolute atomic E-state index is 0.629. The number of hydrogen-bond donors (Lipinski definition) is 1. The smallest absolute Gasteiger partial charge is 0.119 e. The average Bonchev–Trinajstić information content (AvgIpc) is 3.48. The zero-order valence-corrected chi connectivity index (χ0v) is 15.6. The Morgan fingerprint density at radius 2 is 1.69 bits per heavy atom. The van der Waals surface area contributed by atoms with Gasteiger partial charge in [-0.15, -0.1) is 0 Å². The van der Waals surface area contributed by atoms with Crippen LogP contribution in [0.4, 0.5) is 0 Å². The Balaban J connectivity index is 1.18. The van der Waals surface area contributed by atoms with Crippen molar-refractivity contribution in [3.8, 4) is 5.75 Å². The normalized spacial score (nSPS) is 22.9. The molecular formula is C23H30N2O. The minimum atomic E-state index is 0.629. The van der Waals surface area contributed by atoms with Gasteiger partial charge in [-0.3, -0.25) is 0 Å². The van der Waals surface area contributed by atoms with Gasteiger partial charge in [-0.2, -0.15) is 0 Å². The first-order valence-electron chi connectivity index (χ1n) is 10.1. The lowest BCUT2D eigenvalue weighted by Crippen LogP contribution is -2.36. The van der Waals surface area contributed by atoms with Gasteiger partial charge in [-0.1, -0.05) is 48.9 Å². The lowest BCUT2D eigenvalue weighted by Gasteiger charge is -2.26. The molecule has 0 aromatic heterocycles. The third kappa shape index (κ3) is 4.87. The topological polar surface area (TPSA) is 24.5 Å². The van der Waals surface area contributed by atoms with Gasteiger partial charge in [0.15, 0.2) is 0 Å². The van der Waals surface area contributed by atoms with Crippen LogP contribution in [0.5, 0.6) is 5.75 Å². The monoisotopic (exact) mass is 350 g/mol. The number of likely N-dealkylation sites (tertiary alicyclic amines) is 1. The van der Waals surface area contributed by atoms with Crippen LogP contribution in [0.3, 0.4) is 0 Å². The van der Waals surface area contributed by atoms with E-state index in [4.69, 9.17) is 4.74 Å². The van der Waals surface area contributed by atoms with Gasteiger partial charge in [0.25, 0.3) is 0 Å². The molecule has 2 fully saturated rings. The van der Waals surface area contributed by atoms with Crippen LogP contribution in [0.2, 0.25) is 0 Å². The van der Waals surface area contributed by atoms with Crippen molar-refractivity contribution in [2.24, 2.45) is 0 Å². The Hall–Kier alpha value is -1.84. The molecule has 1 saturated heterocycles. The first-order valence-corrected chi connectivity index (χ1v) is 10.1. The molecule has 1 aliphatic carbocycles. The molecule has 0 amide bonds. The first kappa shape index (κ1) is 17.6. The number of rotatable bonds is 8. The highest BCUT2D eigenvalue weighted by Gasteiger charge is 2.37. The van der Waals surface area contributed by atoms with E-state index < -0.39 is 0 Å². The van der Waals surface area contributed by atoms with Crippen molar-refractivity contribution in [2.45, 2.75) is 44.2 Å². The highest BCUT2D eigenvalue weighted by molar-refractivity contribution is 5.34. The lowest BCUT2D eigenvalue weighted by atomic mass is 10.1. The van der Waals surface area contributed by atoms with Crippen molar-refractivity contribution in [1.82, 2.24) is 10.2 Å². The molecule has 1 saturated carbocycles. The lowest BCUT2D eigenvalue weighted by molar-refractivity contribution is 0.229. The summed E-state index contributed by atoms with van der Waals surface area (Å²) in [6, 6.07) is 19.7. The average molecular weight is 351 g/mol. The van der Waals surface area contributed by atoms with E-state index in [9.17, 15) is 0 Å². The van der Waals surface area contributed by atoms with Gasteiger partial charge < -0.3 is 15.0 Å². The molecule has 1 aliphatic heterocycles. The number of ether oxygens (including phenoxy) is 1. The SMILES string of the molecule is c1ccc(COc2ccc([C@H]3C[C@@H]3NCCN3CCCCC3)cc2)cc1. The molecule has 2 aromatic rings. The van der Waals surface area contributed by atoms with E-state index in [1.54, 1.807) is 0 Å². The zero-order chi connectivity index (χ0) is 17.6. The third-order valence-electron chi connectivity index (χ3n) is 5.63. The summed E-state index contributed by atoms with van der Waals surface area (Å²) in [5.74, 6) is 1.63.